The van der Waals surface area contributed by atoms with E-state index >= 15 is 0 Å². The first-order valence-corrected chi connectivity index (χ1v) is 36.4. The highest BCUT2D eigenvalue weighted by atomic mass is 32.2. The van der Waals surface area contributed by atoms with Crippen molar-refractivity contribution in [2.24, 2.45) is 0 Å². The fourth-order valence-corrected chi connectivity index (χ4v) is 13.5. The van der Waals surface area contributed by atoms with Gasteiger partial charge in [-0.15, -0.1) is 0 Å². The van der Waals surface area contributed by atoms with E-state index in [1.54, 1.807) is 0 Å². The highest BCUT2D eigenvalue weighted by molar-refractivity contribution is 7.85. The summed E-state index contributed by atoms with van der Waals surface area (Å²) >= 11 is 0. The molecule has 5 rings (SSSR count). The predicted octanol–water partition coefficient (Wildman–Crippen LogP) is 23.4. The highest BCUT2D eigenvalue weighted by Crippen LogP contribution is 2.43. The van der Waals surface area contributed by atoms with E-state index in [-0.39, 0.29) is 0 Å². The number of benzene rings is 4. The van der Waals surface area contributed by atoms with Crippen molar-refractivity contribution in [1.82, 2.24) is 0 Å². The molecule has 0 N–H and O–H groups in total. The Kier molecular flexibility index (Phi) is 37.5. The Morgan fingerprint density at radius 2 is 0.542 bits per heavy atom. The summed E-state index contributed by atoms with van der Waals surface area (Å²) in [6, 6.07) is 30.8. The van der Waals surface area contributed by atoms with Crippen LogP contribution in [0.3, 0.4) is 0 Å². The molecule has 0 bridgehead atoms. The highest BCUT2D eigenvalue weighted by Gasteiger charge is 2.28. The van der Waals surface area contributed by atoms with E-state index in [1.807, 2.05) is 0 Å². The van der Waals surface area contributed by atoms with Crippen molar-refractivity contribution in [3.8, 4) is 23.7 Å². The van der Waals surface area contributed by atoms with Gasteiger partial charge in [0.05, 0.1) is 32.0 Å². The third kappa shape index (κ3) is 28.1. The second-order valence-corrected chi connectivity index (χ2v) is 26.1. The standard InChI is InChI=1S/C78H119N3OS/c1-6-11-16-21-26-31-36-41-62-79(63-42-37-32-27-22-17-12-7-2)73-56-50-69(51-57-73)46-48-71-54-60-75-77(67-71)83(82)78-68-72(55-61-76(78)81(75)66-45-40-35-30-25-20-15-10-5)49-47-70-52-58-74(59-53-70)80(64-43-38-33-28-23-18-13-8-3)65-44-39-34-29-24-19-14-9-4/h50-61,67-68H,6-45,62-66H2,1-5H3. The summed E-state index contributed by atoms with van der Waals surface area (Å²) in [5.74, 6) is 14.0. The molecule has 0 spiro atoms. The Morgan fingerprint density at radius 3 is 0.831 bits per heavy atom. The molecule has 0 amide bonds. The van der Waals surface area contributed by atoms with Gasteiger partial charge in [0.15, 0.2) is 0 Å². The van der Waals surface area contributed by atoms with Gasteiger partial charge in [0.25, 0.3) is 0 Å². The van der Waals surface area contributed by atoms with E-state index in [2.05, 4.69) is 158 Å². The number of unbranched alkanes of at least 4 members (excludes halogenated alkanes) is 35. The van der Waals surface area contributed by atoms with Crippen LogP contribution in [0.15, 0.2) is 94.7 Å². The van der Waals surface area contributed by atoms with E-state index in [4.69, 9.17) is 0 Å². The normalized spacial score (nSPS) is 11.9. The molecule has 83 heavy (non-hydrogen) atoms. The van der Waals surface area contributed by atoms with Gasteiger partial charge in [-0.3, -0.25) is 0 Å². The smallest absolute Gasteiger partial charge is 0.0893 e. The molecule has 0 radical (unpaired) electrons. The summed E-state index contributed by atoms with van der Waals surface area (Å²) < 4.78 is 14.8. The zero-order chi connectivity index (χ0) is 58.6. The molecule has 4 aromatic carbocycles. The maximum absolute atomic E-state index is 14.8. The average molecular weight is 1150 g/mol. The molecule has 4 aromatic rings. The maximum Gasteiger partial charge on any atom is 0.0893 e. The Bertz CT molecular complexity index is 2240. The molecule has 1 aliphatic rings. The Hall–Kier alpha value is -4.45. The van der Waals surface area contributed by atoms with E-state index < -0.39 is 10.8 Å². The molecule has 1 heterocycles. The molecule has 1 aliphatic heterocycles. The van der Waals surface area contributed by atoms with Crippen molar-refractivity contribution in [3.05, 3.63) is 107 Å². The lowest BCUT2D eigenvalue weighted by Gasteiger charge is -2.33. The molecule has 0 saturated heterocycles. The van der Waals surface area contributed by atoms with Crippen LogP contribution in [0.1, 0.15) is 314 Å². The minimum atomic E-state index is -1.37. The first-order valence-electron chi connectivity index (χ1n) is 35.2. The summed E-state index contributed by atoms with van der Waals surface area (Å²) in [5.41, 5.74) is 8.55. The monoisotopic (exact) mass is 1150 g/mol. The topological polar surface area (TPSA) is 26.8 Å². The quantitative estimate of drug-likeness (QED) is 0.0325. The predicted molar refractivity (Wildman–Crippen MR) is 367 cm³/mol. The van der Waals surface area contributed by atoms with Crippen molar-refractivity contribution in [2.45, 2.75) is 301 Å². The van der Waals surface area contributed by atoms with Crippen LogP contribution in [0.4, 0.5) is 22.7 Å². The lowest BCUT2D eigenvalue weighted by molar-refractivity contribution is 0.555. The molecule has 0 atom stereocenters. The number of rotatable bonds is 47. The van der Waals surface area contributed by atoms with E-state index in [0.717, 1.165) is 82.6 Å². The molecule has 0 saturated carbocycles. The molecule has 5 heteroatoms. The van der Waals surface area contributed by atoms with Crippen LogP contribution in [0, 0.1) is 23.7 Å². The van der Waals surface area contributed by atoms with Crippen LogP contribution in [0.2, 0.25) is 0 Å². The summed E-state index contributed by atoms with van der Waals surface area (Å²) in [7, 11) is -1.37. The van der Waals surface area contributed by atoms with Crippen LogP contribution >= 0.6 is 0 Å². The fraction of sp³-hybridized carbons (Fsp3) is 0.641. The summed E-state index contributed by atoms with van der Waals surface area (Å²) in [4.78, 5) is 9.40. The number of nitrogens with zero attached hydrogens (tertiary/aromatic N) is 3. The van der Waals surface area contributed by atoms with Crippen LogP contribution in [-0.2, 0) is 10.8 Å². The Balaban J connectivity index is 1.29. The van der Waals surface area contributed by atoms with Crippen LogP contribution in [0.25, 0.3) is 0 Å². The van der Waals surface area contributed by atoms with Crippen LogP contribution in [0.5, 0.6) is 0 Å². The van der Waals surface area contributed by atoms with Gasteiger partial charge < -0.3 is 14.7 Å². The molecule has 0 aliphatic carbocycles. The van der Waals surface area contributed by atoms with Gasteiger partial charge in [-0.25, -0.2) is 4.21 Å². The molecular formula is C78H119N3OS. The van der Waals surface area contributed by atoms with Gasteiger partial charge in [0.2, 0.25) is 0 Å². The van der Waals surface area contributed by atoms with E-state index in [0.29, 0.717) is 0 Å². The molecule has 0 unspecified atom stereocenters. The third-order valence-electron chi connectivity index (χ3n) is 17.4. The van der Waals surface area contributed by atoms with Gasteiger partial charge >= 0.3 is 0 Å². The number of anilines is 4. The first kappa shape index (κ1) is 69.3. The molecule has 0 aromatic heterocycles. The number of hydrogen-bond donors (Lipinski definition) is 0. The van der Waals surface area contributed by atoms with Crippen molar-refractivity contribution >= 4 is 33.5 Å². The zero-order valence-corrected chi connectivity index (χ0v) is 54.9. The fourth-order valence-electron chi connectivity index (χ4n) is 12.1. The van der Waals surface area contributed by atoms with Crippen molar-refractivity contribution in [3.63, 3.8) is 0 Å². The lowest BCUT2D eigenvalue weighted by Crippen LogP contribution is -2.25. The largest absolute Gasteiger partial charge is 0.372 e. The zero-order valence-electron chi connectivity index (χ0n) is 54.1. The minimum Gasteiger partial charge on any atom is -0.372 e. The van der Waals surface area contributed by atoms with Gasteiger partial charge in [-0.1, -0.05) is 283 Å². The Morgan fingerprint density at radius 1 is 0.301 bits per heavy atom. The van der Waals surface area contributed by atoms with Crippen LogP contribution < -0.4 is 14.7 Å². The number of hydrogen-bond acceptors (Lipinski definition) is 4. The molecule has 0 fully saturated rings. The molecular weight excluding hydrogens is 1030 g/mol. The van der Waals surface area contributed by atoms with Crippen molar-refractivity contribution in [1.29, 1.82) is 0 Å². The van der Waals surface area contributed by atoms with Crippen molar-refractivity contribution < 1.29 is 4.21 Å². The summed E-state index contributed by atoms with van der Waals surface area (Å²) in [6.07, 6.45) is 53.3. The minimum absolute atomic E-state index is 0.848. The number of fused-ring (bicyclic) bond motifs is 2. The average Bonchev–Trinajstić information content (AvgIpc) is 2.70. The second kappa shape index (κ2) is 44.9. The van der Waals surface area contributed by atoms with Gasteiger partial charge in [0.1, 0.15) is 0 Å². The maximum atomic E-state index is 14.8. The van der Waals surface area contributed by atoms with Gasteiger partial charge in [-0.2, -0.15) is 0 Å². The Labute approximate surface area is 514 Å². The second-order valence-electron chi connectivity index (χ2n) is 24.7. The van der Waals surface area contributed by atoms with Gasteiger partial charge in [-0.05, 0) is 117 Å². The van der Waals surface area contributed by atoms with Crippen molar-refractivity contribution in [2.75, 3.05) is 47.4 Å². The third-order valence-corrected chi connectivity index (χ3v) is 18.9. The molecule has 458 valence electrons. The van der Waals surface area contributed by atoms with E-state index in [1.165, 1.54) is 262 Å². The SMILES string of the molecule is CCCCCCCCCCN(CCCCCCCCCC)c1ccc(C#Cc2ccc3c(c2)S(=O)c2cc(C#Cc4ccc(N(CCCCCCCCCC)CCCCCCCCCC)cc4)ccc2N3CCCCCCCCCC)cc1. The summed E-state index contributed by atoms with van der Waals surface area (Å²) in [6.45, 7) is 16.9. The molecule has 4 nitrogen and oxygen atoms in total. The lowest BCUT2D eigenvalue weighted by atomic mass is 10.1. The first-order chi connectivity index (χ1) is 41.0. The van der Waals surface area contributed by atoms with E-state index in [9.17, 15) is 4.21 Å². The van der Waals surface area contributed by atoms with Crippen LogP contribution in [-0.4, -0.2) is 36.9 Å². The van der Waals surface area contributed by atoms with Gasteiger partial charge in [0, 0.05) is 66.4 Å². The summed E-state index contributed by atoms with van der Waals surface area (Å²) in [5, 5.41) is 0.